The smallest absolute Gasteiger partial charge is 0.130 e. The molecule has 1 unspecified atom stereocenters. The number of rotatable bonds is 2. The van der Waals surface area contributed by atoms with Gasteiger partial charge in [0.1, 0.15) is 6.29 Å². The van der Waals surface area contributed by atoms with Crippen molar-refractivity contribution in [3.63, 3.8) is 0 Å². The molecule has 0 fully saturated rings. The van der Waals surface area contributed by atoms with Gasteiger partial charge in [0.15, 0.2) is 0 Å². The summed E-state index contributed by atoms with van der Waals surface area (Å²) in [6, 6.07) is 4.39. The molecule has 1 N–H and O–H groups in total. The topological polar surface area (TPSA) is 29.1 Å². The summed E-state index contributed by atoms with van der Waals surface area (Å²) < 4.78 is 0. The molecular formula is C14H19NO. The Bertz CT molecular complexity index is 425. The van der Waals surface area contributed by atoms with Gasteiger partial charge in [0, 0.05) is 12.2 Å². The zero-order valence-corrected chi connectivity index (χ0v) is 10.3. The van der Waals surface area contributed by atoms with Crippen LogP contribution in [0.3, 0.4) is 0 Å². The van der Waals surface area contributed by atoms with Crippen molar-refractivity contribution >= 4 is 12.0 Å². The van der Waals surface area contributed by atoms with Gasteiger partial charge in [-0.05, 0) is 43.4 Å². The number of aldehydes is 1. The average Bonchev–Trinajstić information content (AvgIpc) is 2.30. The first-order chi connectivity index (χ1) is 7.60. The number of anilines is 1. The Morgan fingerprint density at radius 1 is 1.50 bits per heavy atom. The lowest BCUT2D eigenvalue weighted by molar-refractivity contribution is -0.112. The molecule has 0 bridgehead atoms. The summed E-state index contributed by atoms with van der Waals surface area (Å²) in [5, 5.41) is 3.41. The molecule has 86 valence electrons. The van der Waals surface area contributed by atoms with Gasteiger partial charge in [-0.3, -0.25) is 0 Å². The van der Waals surface area contributed by atoms with E-state index in [2.05, 4.69) is 31.3 Å². The number of fused-ring (bicyclic) bond motifs is 1. The molecule has 1 aromatic carbocycles. The summed E-state index contributed by atoms with van der Waals surface area (Å²) in [4.78, 5) is 11.3. The van der Waals surface area contributed by atoms with Crippen molar-refractivity contribution in [2.45, 2.75) is 39.0 Å². The number of benzene rings is 1. The highest BCUT2D eigenvalue weighted by molar-refractivity contribution is 5.76. The number of carbonyl (C=O) groups excluding carboxylic acids is 1. The highest BCUT2D eigenvalue weighted by Crippen LogP contribution is 2.38. The average molecular weight is 217 g/mol. The lowest BCUT2D eigenvalue weighted by atomic mass is 9.76. The fourth-order valence-corrected chi connectivity index (χ4v) is 2.46. The molecule has 2 rings (SSSR count). The summed E-state index contributed by atoms with van der Waals surface area (Å²) >= 11 is 0. The Morgan fingerprint density at radius 3 is 2.88 bits per heavy atom. The summed E-state index contributed by atoms with van der Waals surface area (Å²) in [7, 11) is 0. The summed E-state index contributed by atoms with van der Waals surface area (Å²) in [5.41, 5.74) is 4.59. The Balaban J connectivity index is 2.62. The van der Waals surface area contributed by atoms with E-state index in [0.717, 1.165) is 31.4 Å². The minimum atomic E-state index is -0.309. The minimum absolute atomic E-state index is 0.309. The first kappa shape index (κ1) is 11.2. The number of hydrogen-bond acceptors (Lipinski definition) is 2. The van der Waals surface area contributed by atoms with Gasteiger partial charge in [-0.1, -0.05) is 19.1 Å². The van der Waals surface area contributed by atoms with Crippen LogP contribution in [0.2, 0.25) is 0 Å². The lowest BCUT2D eigenvalue weighted by Crippen LogP contribution is -2.33. The largest absolute Gasteiger partial charge is 0.385 e. The minimum Gasteiger partial charge on any atom is -0.385 e. The predicted molar refractivity (Wildman–Crippen MR) is 67.1 cm³/mol. The van der Waals surface area contributed by atoms with Gasteiger partial charge in [0.05, 0.1) is 5.41 Å². The third kappa shape index (κ3) is 1.62. The lowest BCUT2D eigenvalue weighted by Gasteiger charge is -2.33. The van der Waals surface area contributed by atoms with Crippen LogP contribution in [0.15, 0.2) is 12.1 Å². The molecule has 1 aromatic rings. The van der Waals surface area contributed by atoms with Crippen LogP contribution in [0.1, 0.15) is 37.0 Å². The van der Waals surface area contributed by atoms with E-state index in [1.807, 2.05) is 6.92 Å². The Labute approximate surface area is 97.1 Å². The second-order valence-corrected chi connectivity index (χ2v) is 4.90. The van der Waals surface area contributed by atoms with Gasteiger partial charge >= 0.3 is 0 Å². The highest BCUT2D eigenvalue weighted by Gasteiger charge is 2.32. The van der Waals surface area contributed by atoms with E-state index in [4.69, 9.17) is 0 Å². The van der Waals surface area contributed by atoms with E-state index in [9.17, 15) is 4.79 Å². The fraction of sp³-hybridized carbons (Fsp3) is 0.500. The zero-order chi connectivity index (χ0) is 11.8. The van der Waals surface area contributed by atoms with Crippen LogP contribution in [0, 0.1) is 6.92 Å². The van der Waals surface area contributed by atoms with E-state index in [1.165, 1.54) is 16.7 Å². The maximum absolute atomic E-state index is 11.3. The van der Waals surface area contributed by atoms with E-state index in [1.54, 1.807) is 0 Å². The first-order valence-corrected chi connectivity index (χ1v) is 5.95. The summed E-state index contributed by atoms with van der Waals surface area (Å²) in [5.74, 6) is 0. The fourth-order valence-electron chi connectivity index (χ4n) is 2.46. The molecule has 1 aliphatic rings. The van der Waals surface area contributed by atoms with Crippen molar-refractivity contribution in [1.29, 1.82) is 0 Å². The van der Waals surface area contributed by atoms with Crippen molar-refractivity contribution < 1.29 is 4.79 Å². The predicted octanol–water partition coefficient (Wildman–Crippen LogP) is 2.83. The van der Waals surface area contributed by atoms with Crippen molar-refractivity contribution in [2.75, 3.05) is 11.9 Å². The molecule has 0 amide bonds. The van der Waals surface area contributed by atoms with Gasteiger partial charge in [-0.15, -0.1) is 0 Å². The van der Waals surface area contributed by atoms with Crippen LogP contribution in [-0.4, -0.2) is 12.8 Å². The van der Waals surface area contributed by atoms with Gasteiger partial charge in [-0.2, -0.15) is 0 Å². The third-order valence-electron chi connectivity index (χ3n) is 3.63. The summed E-state index contributed by atoms with van der Waals surface area (Å²) in [6.07, 6.45) is 3.00. The molecule has 1 aliphatic heterocycles. The molecule has 2 heteroatoms. The van der Waals surface area contributed by atoms with Crippen LogP contribution >= 0.6 is 0 Å². The molecule has 0 aliphatic carbocycles. The Morgan fingerprint density at radius 2 is 2.25 bits per heavy atom. The standard InChI is InChI=1S/C14H19NO/c1-4-11-7-10(2)13-12(8-11)14(3,9-16)5-6-15-13/h7-9,15H,4-6H2,1-3H3. The quantitative estimate of drug-likeness (QED) is 0.772. The van der Waals surface area contributed by atoms with E-state index in [0.29, 0.717) is 0 Å². The van der Waals surface area contributed by atoms with Crippen LogP contribution in [0.25, 0.3) is 0 Å². The van der Waals surface area contributed by atoms with Crippen LogP contribution in [-0.2, 0) is 16.6 Å². The molecule has 0 saturated carbocycles. The first-order valence-electron chi connectivity index (χ1n) is 5.95. The van der Waals surface area contributed by atoms with Gasteiger partial charge in [0.25, 0.3) is 0 Å². The molecule has 2 nitrogen and oxygen atoms in total. The highest BCUT2D eigenvalue weighted by atomic mass is 16.1. The van der Waals surface area contributed by atoms with Gasteiger partial charge < -0.3 is 10.1 Å². The molecular weight excluding hydrogens is 198 g/mol. The number of aryl methyl sites for hydroxylation is 2. The number of hydrogen-bond donors (Lipinski definition) is 1. The van der Waals surface area contributed by atoms with Gasteiger partial charge in [-0.25, -0.2) is 0 Å². The Kier molecular flexibility index (Phi) is 2.75. The number of carbonyl (C=O) groups is 1. The molecule has 0 spiro atoms. The Hall–Kier alpha value is -1.31. The second kappa shape index (κ2) is 3.93. The maximum atomic E-state index is 11.3. The molecule has 1 atom stereocenters. The van der Waals surface area contributed by atoms with E-state index >= 15 is 0 Å². The van der Waals surface area contributed by atoms with Crippen molar-refractivity contribution in [3.8, 4) is 0 Å². The van der Waals surface area contributed by atoms with Crippen LogP contribution in [0.5, 0.6) is 0 Å². The molecule has 1 heterocycles. The van der Waals surface area contributed by atoms with Crippen molar-refractivity contribution in [3.05, 3.63) is 28.8 Å². The zero-order valence-electron chi connectivity index (χ0n) is 10.3. The molecule has 0 saturated heterocycles. The van der Waals surface area contributed by atoms with Gasteiger partial charge in [0.2, 0.25) is 0 Å². The SMILES string of the molecule is CCc1cc(C)c2c(c1)C(C)(C=O)CCN2. The van der Waals surface area contributed by atoms with Crippen molar-refractivity contribution in [1.82, 2.24) is 0 Å². The van der Waals surface area contributed by atoms with Crippen molar-refractivity contribution in [2.24, 2.45) is 0 Å². The monoisotopic (exact) mass is 217 g/mol. The molecule has 16 heavy (non-hydrogen) atoms. The molecule has 0 aromatic heterocycles. The van der Waals surface area contributed by atoms with E-state index in [-0.39, 0.29) is 5.41 Å². The van der Waals surface area contributed by atoms with E-state index < -0.39 is 0 Å². The van der Waals surface area contributed by atoms with Crippen LogP contribution in [0.4, 0.5) is 5.69 Å². The number of nitrogens with one attached hydrogen (secondary N) is 1. The molecule has 0 radical (unpaired) electrons. The third-order valence-corrected chi connectivity index (χ3v) is 3.63. The normalized spacial score (nSPS) is 23.4. The second-order valence-electron chi connectivity index (χ2n) is 4.90. The van der Waals surface area contributed by atoms with Crippen LogP contribution < -0.4 is 5.32 Å². The maximum Gasteiger partial charge on any atom is 0.130 e. The summed E-state index contributed by atoms with van der Waals surface area (Å²) in [6.45, 7) is 7.18.